The third kappa shape index (κ3) is 2.04. The summed E-state index contributed by atoms with van der Waals surface area (Å²) >= 11 is 0. The Bertz CT molecular complexity index is 150. The van der Waals surface area contributed by atoms with E-state index in [9.17, 15) is 4.79 Å². The first-order valence-electron chi connectivity index (χ1n) is 2.75. The molecule has 0 aliphatic carbocycles. The minimum Gasteiger partial charge on any atom is -0.478 e. The van der Waals surface area contributed by atoms with Gasteiger partial charge in [-0.1, -0.05) is 0 Å². The number of carbonyl (C=O) groups is 1. The van der Waals surface area contributed by atoms with Crippen molar-refractivity contribution < 1.29 is 19.6 Å². The summed E-state index contributed by atoms with van der Waals surface area (Å²) in [4.78, 5) is 19.5. The van der Waals surface area contributed by atoms with E-state index in [4.69, 9.17) is 14.8 Å². The fourth-order valence-corrected chi connectivity index (χ4v) is 0.502. The highest BCUT2D eigenvalue weighted by molar-refractivity contribution is 5.79. The molecule has 56 valence electrons. The first kappa shape index (κ1) is 7.04. The van der Waals surface area contributed by atoms with Crippen molar-refractivity contribution in [3.63, 3.8) is 0 Å². The molecule has 0 saturated carbocycles. The van der Waals surface area contributed by atoms with Crippen molar-refractivity contribution in [2.24, 2.45) is 0 Å². The van der Waals surface area contributed by atoms with Crippen molar-refractivity contribution in [1.82, 2.24) is 5.23 Å². The molecule has 1 N–H and O–H groups in total. The van der Waals surface area contributed by atoms with Crippen LogP contribution in [-0.2, 0) is 14.5 Å². The molecule has 0 unspecified atom stereocenters. The molecule has 0 radical (unpaired) electrons. The van der Waals surface area contributed by atoms with E-state index in [2.05, 4.69) is 0 Å². The van der Waals surface area contributed by atoms with Gasteiger partial charge in [0.25, 0.3) is 0 Å². The summed E-state index contributed by atoms with van der Waals surface area (Å²) in [5, 5.41) is 9.17. The Morgan fingerprint density at radius 2 is 2.10 bits per heavy atom. The summed E-state index contributed by atoms with van der Waals surface area (Å²) in [6.45, 7) is 0.925. The van der Waals surface area contributed by atoms with Crippen molar-refractivity contribution in [3.8, 4) is 0 Å². The van der Waals surface area contributed by atoms with Crippen LogP contribution in [0.3, 0.4) is 0 Å². The predicted octanol–water partition coefficient (Wildman–Crippen LogP) is -0.236. The Hall–Kier alpha value is -1.07. The maximum atomic E-state index is 9.93. The van der Waals surface area contributed by atoms with Crippen LogP contribution in [0.1, 0.15) is 0 Å². The zero-order valence-electron chi connectivity index (χ0n) is 5.19. The van der Waals surface area contributed by atoms with Gasteiger partial charge in [-0.05, 0) is 0 Å². The Labute approximate surface area is 57.4 Å². The Morgan fingerprint density at radius 1 is 1.50 bits per heavy atom. The molecular formula is C5H7NO4. The van der Waals surface area contributed by atoms with Gasteiger partial charge in [0.2, 0.25) is 0 Å². The number of hydrogen-bond donors (Lipinski definition) is 1. The van der Waals surface area contributed by atoms with E-state index in [0.717, 1.165) is 11.3 Å². The molecule has 1 heterocycles. The van der Waals surface area contributed by atoms with Gasteiger partial charge in [-0.25, -0.2) is 14.5 Å². The monoisotopic (exact) mass is 145 g/mol. The van der Waals surface area contributed by atoms with E-state index < -0.39 is 5.97 Å². The summed E-state index contributed by atoms with van der Waals surface area (Å²) in [5.74, 6) is -1.03. The van der Waals surface area contributed by atoms with Crippen molar-refractivity contribution in [1.29, 1.82) is 0 Å². The average Bonchev–Trinajstić information content (AvgIpc) is 2.34. The lowest BCUT2D eigenvalue weighted by atomic mass is 10.6. The van der Waals surface area contributed by atoms with Crippen LogP contribution in [0.15, 0.2) is 12.3 Å². The summed E-state index contributed by atoms with van der Waals surface area (Å²) in [7, 11) is 0. The summed E-state index contributed by atoms with van der Waals surface area (Å²) in [5.41, 5.74) is 0. The second kappa shape index (κ2) is 3.19. The van der Waals surface area contributed by atoms with Crippen LogP contribution in [0.2, 0.25) is 0 Å². The molecule has 1 saturated heterocycles. The average molecular weight is 145 g/mol. The molecule has 0 amide bonds. The highest BCUT2D eigenvalue weighted by Gasteiger charge is 2.07. The minimum atomic E-state index is -1.03. The second-order valence-electron chi connectivity index (χ2n) is 1.61. The summed E-state index contributed by atoms with van der Waals surface area (Å²) in [6.07, 6.45) is 2.14. The fraction of sp³-hybridized carbons (Fsp3) is 0.400. The van der Waals surface area contributed by atoms with Crippen LogP contribution in [-0.4, -0.2) is 29.5 Å². The van der Waals surface area contributed by atoms with Gasteiger partial charge in [0.1, 0.15) is 13.2 Å². The molecule has 5 heteroatoms. The standard InChI is InChI=1S/C5H7NO4/c7-5(8)1-2-6-9-3-4-10-6/h1-2H,3-4H2,(H,7,8). The molecule has 1 rings (SSSR count). The molecule has 1 aliphatic rings. The largest absolute Gasteiger partial charge is 0.478 e. The van der Waals surface area contributed by atoms with Gasteiger partial charge >= 0.3 is 5.97 Å². The number of rotatable bonds is 2. The Morgan fingerprint density at radius 3 is 2.60 bits per heavy atom. The first-order valence-corrected chi connectivity index (χ1v) is 2.75. The van der Waals surface area contributed by atoms with Crippen LogP contribution < -0.4 is 0 Å². The fourth-order valence-electron chi connectivity index (χ4n) is 0.502. The summed E-state index contributed by atoms with van der Waals surface area (Å²) < 4.78 is 0. The van der Waals surface area contributed by atoms with E-state index in [0.29, 0.717) is 13.2 Å². The smallest absolute Gasteiger partial charge is 0.329 e. The molecular weight excluding hydrogens is 138 g/mol. The Kier molecular flexibility index (Phi) is 2.24. The van der Waals surface area contributed by atoms with Crippen molar-refractivity contribution >= 4 is 5.97 Å². The highest BCUT2D eigenvalue weighted by atomic mass is 17.0. The van der Waals surface area contributed by atoms with Gasteiger partial charge < -0.3 is 5.11 Å². The van der Waals surface area contributed by atoms with Crippen LogP contribution >= 0.6 is 0 Å². The first-order chi connectivity index (χ1) is 4.79. The highest BCUT2D eigenvalue weighted by Crippen LogP contribution is 2.00. The van der Waals surface area contributed by atoms with Crippen molar-refractivity contribution in [2.45, 2.75) is 0 Å². The SMILES string of the molecule is O=C(O)C=CN1OCCO1. The lowest BCUT2D eigenvalue weighted by Crippen LogP contribution is -2.07. The Balaban J connectivity index is 2.29. The van der Waals surface area contributed by atoms with E-state index in [1.54, 1.807) is 0 Å². The lowest BCUT2D eigenvalue weighted by molar-refractivity contribution is -0.260. The second-order valence-corrected chi connectivity index (χ2v) is 1.61. The van der Waals surface area contributed by atoms with Crippen LogP contribution in [0.5, 0.6) is 0 Å². The van der Waals surface area contributed by atoms with Crippen LogP contribution in [0, 0.1) is 0 Å². The summed E-state index contributed by atoms with van der Waals surface area (Å²) in [6, 6.07) is 0. The predicted molar refractivity (Wildman–Crippen MR) is 30.5 cm³/mol. The number of hydroxylamine groups is 2. The van der Waals surface area contributed by atoms with Crippen molar-refractivity contribution in [3.05, 3.63) is 12.3 Å². The number of aliphatic carboxylic acids is 1. The third-order valence-electron chi connectivity index (χ3n) is 0.859. The lowest BCUT2D eigenvalue weighted by Gasteiger charge is -2.05. The maximum absolute atomic E-state index is 9.93. The third-order valence-corrected chi connectivity index (χ3v) is 0.859. The molecule has 1 aliphatic heterocycles. The minimum absolute atomic E-state index is 0.462. The van der Waals surface area contributed by atoms with E-state index in [1.807, 2.05) is 0 Å². The zero-order valence-corrected chi connectivity index (χ0v) is 5.19. The van der Waals surface area contributed by atoms with E-state index >= 15 is 0 Å². The number of hydrogen-bond acceptors (Lipinski definition) is 4. The molecule has 1 fully saturated rings. The van der Waals surface area contributed by atoms with E-state index in [1.165, 1.54) is 6.20 Å². The molecule has 0 aromatic heterocycles. The van der Waals surface area contributed by atoms with Gasteiger partial charge in [-0.15, -0.1) is 5.23 Å². The topological polar surface area (TPSA) is 59.0 Å². The molecule has 0 spiro atoms. The van der Waals surface area contributed by atoms with Crippen molar-refractivity contribution in [2.75, 3.05) is 13.2 Å². The van der Waals surface area contributed by atoms with Crippen LogP contribution in [0.4, 0.5) is 0 Å². The quantitative estimate of drug-likeness (QED) is 0.543. The van der Waals surface area contributed by atoms with Gasteiger partial charge in [0.05, 0.1) is 6.20 Å². The molecule has 5 nitrogen and oxygen atoms in total. The molecule has 0 aromatic carbocycles. The molecule has 0 atom stereocenters. The number of carboxylic acids is 1. The van der Waals surface area contributed by atoms with E-state index in [-0.39, 0.29) is 0 Å². The van der Waals surface area contributed by atoms with Gasteiger partial charge in [0, 0.05) is 6.08 Å². The van der Waals surface area contributed by atoms with Gasteiger partial charge in [0.15, 0.2) is 0 Å². The van der Waals surface area contributed by atoms with Gasteiger partial charge in [-0.3, -0.25) is 0 Å². The number of carboxylic acid groups (broad SMARTS) is 1. The normalized spacial score (nSPS) is 18.6. The molecule has 10 heavy (non-hydrogen) atoms. The zero-order chi connectivity index (χ0) is 7.40. The number of nitrogens with zero attached hydrogens (tertiary/aromatic N) is 1. The van der Waals surface area contributed by atoms with Crippen LogP contribution in [0.25, 0.3) is 0 Å². The maximum Gasteiger partial charge on any atom is 0.329 e. The van der Waals surface area contributed by atoms with Gasteiger partial charge in [-0.2, -0.15) is 0 Å². The molecule has 0 aromatic rings. The molecule has 0 bridgehead atoms.